The van der Waals surface area contributed by atoms with Gasteiger partial charge in [0, 0.05) is 23.3 Å². The molecule has 0 spiro atoms. The molecule has 1 aliphatic rings. The van der Waals surface area contributed by atoms with Crippen molar-refractivity contribution in [2.75, 3.05) is 0 Å². The van der Waals surface area contributed by atoms with E-state index in [4.69, 9.17) is 11.6 Å². The van der Waals surface area contributed by atoms with Gasteiger partial charge < -0.3 is 0 Å². The van der Waals surface area contributed by atoms with Gasteiger partial charge in [-0.3, -0.25) is 4.98 Å². The molecule has 36 heavy (non-hydrogen) atoms. The molecule has 2 heteroatoms. The lowest BCUT2D eigenvalue weighted by molar-refractivity contribution is 0.467. The molecule has 1 nitrogen and oxygen atoms in total. The summed E-state index contributed by atoms with van der Waals surface area (Å²) < 4.78 is 0. The quantitative estimate of drug-likeness (QED) is 0.211. The Morgan fingerprint density at radius 1 is 0.694 bits per heavy atom. The molecule has 2 atom stereocenters. The normalized spacial score (nSPS) is 16.9. The van der Waals surface area contributed by atoms with Gasteiger partial charge in [-0.15, -0.1) is 0 Å². The SMILES string of the molecule is CC1Cc2ccc3c(ccc4cc(Cl)ccc43)c2C(c2ccccc2)C1.c1ccc2cnccc2c1. The Morgan fingerprint density at radius 2 is 1.44 bits per heavy atom. The van der Waals surface area contributed by atoms with Gasteiger partial charge in [-0.1, -0.05) is 103 Å². The molecule has 176 valence electrons. The number of nitrogens with zero attached hydrogens (tertiary/aromatic N) is 1. The molecule has 0 bridgehead atoms. The van der Waals surface area contributed by atoms with Crippen molar-refractivity contribution in [1.82, 2.24) is 4.98 Å². The van der Waals surface area contributed by atoms with Crippen molar-refractivity contribution in [2.45, 2.75) is 25.7 Å². The average Bonchev–Trinajstić information content (AvgIpc) is 2.93. The lowest BCUT2D eigenvalue weighted by Crippen LogP contribution is -2.18. The Morgan fingerprint density at radius 3 is 2.28 bits per heavy atom. The molecule has 0 saturated heterocycles. The number of aromatic nitrogens is 1. The fourth-order valence-electron chi connectivity index (χ4n) is 5.77. The van der Waals surface area contributed by atoms with Crippen LogP contribution in [0.5, 0.6) is 0 Å². The highest BCUT2D eigenvalue weighted by Crippen LogP contribution is 2.44. The van der Waals surface area contributed by atoms with Crippen molar-refractivity contribution in [1.29, 1.82) is 0 Å². The van der Waals surface area contributed by atoms with Gasteiger partial charge in [-0.25, -0.2) is 0 Å². The van der Waals surface area contributed by atoms with E-state index in [0.29, 0.717) is 11.8 Å². The number of fused-ring (bicyclic) bond motifs is 6. The molecule has 5 aromatic carbocycles. The van der Waals surface area contributed by atoms with Crippen LogP contribution in [0.4, 0.5) is 0 Å². The Kier molecular flexibility index (Phi) is 6.17. The second-order valence-corrected chi connectivity index (χ2v) is 10.3. The zero-order valence-electron chi connectivity index (χ0n) is 20.4. The monoisotopic (exact) mass is 485 g/mol. The minimum atomic E-state index is 0.475. The maximum Gasteiger partial charge on any atom is 0.0412 e. The number of hydrogen-bond donors (Lipinski definition) is 0. The topological polar surface area (TPSA) is 12.9 Å². The molecule has 0 N–H and O–H groups in total. The van der Waals surface area contributed by atoms with Crippen molar-refractivity contribution in [3.63, 3.8) is 0 Å². The van der Waals surface area contributed by atoms with Crippen LogP contribution in [-0.2, 0) is 6.42 Å². The average molecular weight is 486 g/mol. The number of benzene rings is 5. The standard InChI is InChI=1S/C25H21Cl.C9H7N/c1-16-13-19-8-10-22-21-12-9-20(26)15-18(21)7-11-23(22)25(19)24(14-16)17-5-3-2-4-6-17;1-2-4-9-7-10-6-5-8(9)3-1/h2-12,15-16,24H,13-14H2,1H3;1-7H. The second-order valence-electron chi connectivity index (χ2n) is 9.90. The molecule has 7 rings (SSSR count). The molecule has 0 radical (unpaired) electrons. The Bertz CT molecular complexity index is 1610. The van der Waals surface area contributed by atoms with E-state index in [9.17, 15) is 0 Å². The van der Waals surface area contributed by atoms with Crippen LogP contribution < -0.4 is 0 Å². The van der Waals surface area contributed by atoms with Gasteiger partial charge >= 0.3 is 0 Å². The minimum absolute atomic E-state index is 0.475. The first kappa shape index (κ1) is 22.8. The van der Waals surface area contributed by atoms with Crippen LogP contribution >= 0.6 is 11.6 Å². The van der Waals surface area contributed by atoms with E-state index >= 15 is 0 Å². The predicted octanol–water partition coefficient (Wildman–Crippen LogP) is 9.60. The van der Waals surface area contributed by atoms with Gasteiger partial charge in [0.25, 0.3) is 0 Å². The van der Waals surface area contributed by atoms with Gasteiger partial charge in [0.05, 0.1) is 0 Å². The summed E-state index contributed by atoms with van der Waals surface area (Å²) in [4.78, 5) is 4.01. The summed E-state index contributed by atoms with van der Waals surface area (Å²) in [6.07, 6.45) is 6.07. The van der Waals surface area contributed by atoms with E-state index in [1.807, 2.05) is 36.7 Å². The maximum atomic E-state index is 6.20. The van der Waals surface area contributed by atoms with Crippen molar-refractivity contribution in [2.24, 2.45) is 5.92 Å². The van der Waals surface area contributed by atoms with Gasteiger partial charge in [0.1, 0.15) is 0 Å². The second kappa shape index (κ2) is 9.76. The summed E-state index contributed by atoms with van der Waals surface area (Å²) in [6.45, 7) is 2.38. The van der Waals surface area contributed by atoms with E-state index in [1.54, 1.807) is 0 Å². The summed E-state index contributed by atoms with van der Waals surface area (Å²) >= 11 is 6.20. The van der Waals surface area contributed by atoms with Crippen LogP contribution in [-0.4, -0.2) is 4.98 Å². The molecule has 0 saturated carbocycles. The highest BCUT2D eigenvalue weighted by molar-refractivity contribution is 6.31. The molecule has 0 fully saturated rings. The molecule has 2 unspecified atom stereocenters. The minimum Gasteiger partial charge on any atom is -0.264 e. The van der Waals surface area contributed by atoms with Crippen molar-refractivity contribution >= 4 is 43.9 Å². The largest absolute Gasteiger partial charge is 0.264 e. The van der Waals surface area contributed by atoms with E-state index in [1.165, 1.54) is 61.8 Å². The fourth-order valence-corrected chi connectivity index (χ4v) is 5.95. The Hall–Kier alpha value is -3.68. The van der Waals surface area contributed by atoms with Gasteiger partial charge in [0.2, 0.25) is 0 Å². The van der Waals surface area contributed by atoms with E-state index in [-0.39, 0.29) is 0 Å². The van der Waals surface area contributed by atoms with E-state index in [0.717, 1.165) is 5.02 Å². The molecule has 6 aromatic rings. The lowest BCUT2D eigenvalue weighted by atomic mass is 9.72. The third-order valence-electron chi connectivity index (χ3n) is 7.42. The first-order valence-corrected chi connectivity index (χ1v) is 13.0. The van der Waals surface area contributed by atoms with E-state index in [2.05, 4.69) is 90.8 Å². The summed E-state index contributed by atoms with van der Waals surface area (Å²) in [7, 11) is 0. The smallest absolute Gasteiger partial charge is 0.0412 e. The predicted molar refractivity (Wildman–Crippen MR) is 154 cm³/mol. The molecule has 1 aliphatic carbocycles. The summed E-state index contributed by atoms with van der Waals surface area (Å²) in [6, 6.07) is 36.6. The first-order chi connectivity index (χ1) is 17.7. The van der Waals surface area contributed by atoms with Crippen LogP contribution in [0.1, 0.15) is 36.0 Å². The van der Waals surface area contributed by atoms with Crippen molar-refractivity contribution in [3.8, 4) is 0 Å². The molecule has 1 heterocycles. The lowest BCUT2D eigenvalue weighted by Gasteiger charge is -2.31. The molecule has 1 aromatic heterocycles. The molecular formula is C34H28ClN. The number of halogens is 1. The van der Waals surface area contributed by atoms with Gasteiger partial charge in [-0.2, -0.15) is 0 Å². The molecule has 0 amide bonds. The maximum absolute atomic E-state index is 6.20. The highest BCUT2D eigenvalue weighted by Gasteiger charge is 2.27. The summed E-state index contributed by atoms with van der Waals surface area (Å²) in [5.74, 6) is 1.19. The van der Waals surface area contributed by atoms with Gasteiger partial charge in [0.15, 0.2) is 0 Å². The summed E-state index contributed by atoms with van der Waals surface area (Å²) in [5.41, 5.74) is 4.48. The van der Waals surface area contributed by atoms with Crippen LogP contribution in [0.2, 0.25) is 5.02 Å². The third-order valence-corrected chi connectivity index (χ3v) is 7.65. The van der Waals surface area contributed by atoms with Crippen molar-refractivity contribution in [3.05, 3.63) is 137 Å². The fraction of sp³-hybridized carbons (Fsp3) is 0.147. The zero-order chi connectivity index (χ0) is 24.5. The summed E-state index contributed by atoms with van der Waals surface area (Å²) in [5, 5.41) is 8.49. The van der Waals surface area contributed by atoms with Crippen LogP contribution in [0.3, 0.4) is 0 Å². The molecular weight excluding hydrogens is 458 g/mol. The van der Waals surface area contributed by atoms with E-state index < -0.39 is 0 Å². The van der Waals surface area contributed by atoms with Crippen LogP contribution in [0.15, 0.2) is 116 Å². The number of pyridine rings is 1. The van der Waals surface area contributed by atoms with Crippen LogP contribution in [0.25, 0.3) is 32.3 Å². The van der Waals surface area contributed by atoms with Crippen molar-refractivity contribution < 1.29 is 0 Å². The first-order valence-electron chi connectivity index (χ1n) is 12.6. The van der Waals surface area contributed by atoms with Crippen LogP contribution in [0, 0.1) is 5.92 Å². The third kappa shape index (κ3) is 4.36. The highest BCUT2D eigenvalue weighted by atomic mass is 35.5. The zero-order valence-corrected chi connectivity index (χ0v) is 21.1. The Labute approximate surface area is 217 Å². The molecule has 0 aliphatic heterocycles. The number of hydrogen-bond acceptors (Lipinski definition) is 1. The number of rotatable bonds is 1. The Balaban J connectivity index is 0.000000200. The van der Waals surface area contributed by atoms with Gasteiger partial charge in [-0.05, 0) is 86.0 Å².